The van der Waals surface area contributed by atoms with Gasteiger partial charge in [-0.3, -0.25) is 4.18 Å². The number of aromatic nitrogens is 2. The molecule has 40 heavy (non-hydrogen) atoms. The van der Waals surface area contributed by atoms with E-state index in [4.69, 9.17) is 24.1 Å². The smallest absolute Gasteiger partial charge is 0.264 e. The van der Waals surface area contributed by atoms with Crippen molar-refractivity contribution in [1.29, 1.82) is 0 Å². The van der Waals surface area contributed by atoms with Gasteiger partial charge in [-0.2, -0.15) is 13.4 Å². The number of hydrogen-bond donors (Lipinski definition) is 2. The first-order valence-corrected chi connectivity index (χ1v) is 15.2. The second-order valence-electron chi connectivity index (χ2n) is 9.50. The van der Waals surface area contributed by atoms with E-state index < -0.39 is 10.1 Å². The molecule has 0 aliphatic carbocycles. The molecule has 0 aliphatic heterocycles. The molecular formula is C29H40N4O6S. The number of nitrogens with zero attached hydrogens (tertiary/aromatic N) is 2. The highest BCUT2D eigenvalue weighted by molar-refractivity contribution is 7.85. The van der Waals surface area contributed by atoms with E-state index in [1.807, 2.05) is 55.5 Å². The molecule has 11 heteroatoms. The third kappa shape index (κ3) is 10.3. The van der Waals surface area contributed by atoms with Gasteiger partial charge in [-0.1, -0.05) is 49.7 Å². The molecule has 0 saturated heterocycles. The van der Waals surface area contributed by atoms with Crippen LogP contribution in [0.3, 0.4) is 0 Å². The predicted octanol–water partition coefficient (Wildman–Crippen LogP) is 4.51. The molecule has 1 aromatic heterocycles. The van der Waals surface area contributed by atoms with Gasteiger partial charge < -0.3 is 25.3 Å². The van der Waals surface area contributed by atoms with E-state index in [0.29, 0.717) is 50.0 Å². The maximum absolute atomic E-state index is 11.1. The maximum Gasteiger partial charge on any atom is 0.264 e. The van der Waals surface area contributed by atoms with Gasteiger partial charge in [-0.15, -0.1) is 0 Å². The number of hydrogen-bond acceptors (Lipinski definition) is 10. The summed E-state index contributed by atoms with van der Waals surface area (Å²) in [6.07, 6.45) is 3.86. The number of rotatable bonds is 17. The van der Waals surface area contributed by atoms with Crippen molar-refractivity contribution in [3.05, 3.63) is 70.9 Å². The van der Waals surface area contributed by atoms with Crippen molar-refractivity contribution < 1.29 is 26.8 Å². The number of methoxy groups -OCH3 is 1. The molecule has 1 atom stereocenters. The summed E-state index contributed by atoms with van der Waals surface area (Å²) < 4.78 is 44.4. The Morgan fingerprint density at radius 3 is 2.55 bits per heavy atom. The Labute approximate surface area is 237 Å². The topological polar surface area (TPSA) is 135 Å². The third-order valence-electron chi connectivity index (χ3n) is 6.12. The molecule has 3 rings (SSSR count). The van der Waals surface area contributed by atoms with Crippen LogP contribution in [0.5, 0.6) is 11.5 Å². The normalized spacial score (nSPS) is 12.2. The Bertz CT molecular complexity index is 1320. The van der Waals surface area contributed by atoms with Crippen LogP contribution in [0.1, 0.15) is 48.6 Å². The summed E-state index contributed by atoms with van der Waals surface area (Å²) in [6, 6.07) is 15.7. The molecule has 3 aromatic rings. The van der Waals surface area contributed by atoms with Gasteiger partial charge in [0.15, 0.2) is 0 Å². The molecule has 218 valence electrons. The summed E-state index contributed by atoms with van der Waals surface area (Å²) in [4.78, 5) is 8.96. The predicted molar refractivity (Wildman–Crippen MR) is 156 cm³/mol. The molecule has 0 aliphatic rings. The van der Waals surface area contributed by atoms with Gasteiger partial charge in [-0.25, -0.2) is 4.98 Å². The van der Waals surface area contributed by atoms with Crippen LogP contribution in [0, 0.1) is 6.92 Å². The van der Waals surface area contributed by atoms with Crippen LogP contribution in [0.15, 0.2) is 48.5 Å². The van der Waals surface area contributed by atoms with Crippen LogP contribution in [0.2, 0.25) is 0 Å². The third-order valence-corrected chi connectivity index (χ3v) is 6.72. The summed E-state index contributed by atoms with van der Waals surface area (Å²) in [7, 11) is -1.85. The molecule has 0 bridgehead atoms. The molecule has 0 spiro atoms. The van der Waals surface area contributed by atoms with E-state index in [2.05, 4.69) is 22.2 Å². The SMILES string of the molecule is CCC[C@@H](COCc1ccccc1)Nc1nc(N)nc(C)c1Cc1ccc(OCCCOS(C)(=O)=O)cc1OC. The van der Waals surface area contributed by atoms with Gasteiger partial charge in [0.05, 0.1) is 45.8 Å². The summed E-state index contributed by atoms with van der Waals surface area (Å²) in [5.41, 5.74) is 9.80. The van der Waals surface area contributed by atoms with Crippen LogP contribution in [0.4, 0.5) is 11.8 Å². The van der Waals surface area contributed by atoms with E-state index in [1.54, 1.807) is 7.11 Å². The lowest BCUT2D eigenvalue weighted by atomic mass is 10.0. The second-order valence-corrected chi connectivity index (χ2v) is 11.1. The number of benzene rings is 2. The van der Waals surface area contributed by atoms with Crippen LogP contribution in [0.25, 0.3) is 0 Å². The Hall–Kier alpha value is -3.41. The second kappa shape index (κ2) is 15.4. The zero-order valence-electron chi connectivity index (χ0n) is 23.7. The molecule has 3 N–H and O–H groups in total. The van der Waals surface area contributed by atoms with Crippen LogP contribution >= 0.6 is 0 Å². The Balaban J connectivity index is 1.70. The van der Waals surface area contributed by atoms with Gasteiger partial charge in [0, 0.05) is 30.2 Å². The maximum atomic E-state index is 11.1. The van der Waals surface area contributed by atoms with Crippen molar-refractivity contribution in [2.24, 2.45) is 0 Å². The van der Waals surface area contributed by atoms with E-state index in [1.165, 1.54) is 0 Å². The van der Waals surface area contributed by atoms with E-state index >= 15 is 0 Å². The van der Waals surface area contributed by atoms with E-state index in [0.717, 1.165) is 41.5 Å². The van der Waals surface area contributed by atoms with Crippen molar-refractivity contribution in [2.45, 2.75) is 52.2 Å². The zero-order valence-corrected chi connectivity index (χ0v) is 24.5. The standard InChI is InChI=1S/C29H40N4O6S/c1-5-10-24(20-37-19-22-11-7-6-8-12-22)32-28-26(21(2)31-29(30)33-28)17-23-13-14-25(18-27(23)36-3)38-15-9-16-39-40(4,34)35/h6-8,11-14,18,24H,5,9-10,15-17,19-20H2,1-4H3,(H3,30,31,32,33)/t24-/m0/s1. The Morgan fingerprint density at radius 1 is 1.07 bits per heavy atom. The Kier molecular flexibility index (Phi) is 12.0. The summed E-state index contributed by atoms with van der Waals surface area (Å²) in [5.74, 6) is 2.16. The minimum absolute atomic E-state index is 0.0468. The van der Waals surface area contributed by atoms with Gasteiger partial charge >= 0.3 is 0 Å². The molecule has 0 radical (unpaired) electrons. The monoisotopic (exact) mass is 572 g/mol. The molecule has 10 nitrogen and oxygen atoms in total. The quantitative estimate of drug-likeness (QED) is 0.176. The van der Waals surface area contributed by atoms with Crippen LogP contribution in [-0.2, 0) is 32.1 Å². The number of nitrogens with two attached hydrogens (primary N) is 1. The Morgan fingerprint density at radius 2 is 1.85 bits per heavy atom. The molecule has 1 heterocycles. The highest BCUT2D eigenvalue weighted by Gasteiger charge is 2.18. The van der Waals surface area contributed by atoms with Gasteiger partial charge in [0.2, 0.25) is 5.95 Å². The molecule has 0 unspecified atom stereocenters. The van der Waals surface area contributed by atoms with Gasteiger partial charge in [0.25, 0.3) is 10.1 Å². The van der Waals surface area contributed by atoms with Crippen LogP contribution in [-0.4, -0.2) is 57.6 Å². The largest absolute Gasteiger partial charge is 0.496 e. The van der Waals surface area contributed by atoms with Crippen molar-refractivity contribution >= 4 is 21.9 Å². The fourth-order valence-electron chi connectivity index (χ4n) is 4.19. The molecule has 2 aromatic carbocycles. The lowest BCUT2D eigenvalue weighted by Crippen LogP contribution is -2.27. The summed E-state index contributed by atoms with van der Waals surface area (Å²) >= 11 is 0. The fraction of sp³-hybridized carbons (Fsp3) is 0.448. The minimum Gasteiger partial charge on any atom is -0.496 e. The zero-order chi connectivity index (χ0) is 29.0. The molecule has 0 saturated carbocycles. The first-order chi connectivity index (χ1) is 19.2. The summed E-state index contributed by atoms with van der Waals surface area (Å²) in [5, 5.41) is 3.56. The number of aryl methyl sites for hydroxylation is 1. The highest BCUT2D eigenvalue weighted by atomic mass is 32.2. The number of nitrogen functional groups attached to an aromatic ring is 1. The van der Waals surface area contributed by atoms with E-state index in [-0.39, 0.29) is 18.6 Å². The van der Waals surface area contributed by atoms with Gasteiger partial charge in [-0.05, 0) is 30.5 Å². The lowest BCUT2D eigenvalue weighted by molar-refractivity contribution is 0.110. The fourth-order valence-corrected chi connectivity index (χ4v) is 4.61. The molecule has 0 fully saturated rings. The summed E-state index contributed by atoms with van der Waals surface area (Å²) in [6.45, 7) is 5.49. The molecule has 0 amide bonds. The van der Waals surface area contributed by atoms with Gasteiger partial charge in [0.1, 0.15) is 17.3 Å². The average Bonchev–Trinajstić information content (AvgIpc) is 2.91. The number of anilines is 2. The minimum atomic E-state index is -3.46. The van der Waals surface area contributed by atoms with Crippen molar-refractivity contribution in [2.75, 3.05) is 44.2 Å². The molecular weight excluding hydrogens is 532 g/mol. The average molecular weight is 573 g/mol. The lowest BCUT2D eigenvalue weighted by Gasteiger charge is -2.22. The van der Waals surface area contributed by atoms with Crippen molar-refractivity contribution in [1.82, 2.24) is 9.97 Å². The van der Waals surface area contributed by atoms with Crippen molar-refractivity contribution in [3.8, 4) is 11.5 Å². The first-order valence-electron chi connectivity index (χ1n) is 13.3. The van der Waals surface area contributed by atoms with Crippen LogP contribution < -0.4 is 20.5 Å². The number of ether oxygens (including phenoxy) is 3. The first kappa shape index (κ1) is 31.1. The van der Waals surface area contributed by atoms with E-state index in [9.17, 15) is 8.42 Å². The highest BCUT2D eigenvalue weighted by Crippen LogP contribution is 2.30. The number of nitrogens with one attached hydrogen (secondary N) is 1. The van der Waals surface area contributed by atoms with Crippen molar-refractivity contribution in [3.63, 3.8) is 0 Å².